The summed E-state index contributed by atoms with van der Waals surface area (Å²) >= 11 is 0. The molecule has 0 heterocycles. The normalized spacial score (nSPS) is 14.1. The topological polar surface area (TPSA) is 98.9 Å². The van der Waals surface area contributed by atoms with Crippen molar-refractivity contribution in [1.29, 1.82) is 0 Å². The fraction of sp³-hybridized carbons (Fsp3) is 0.929. The molecule has 0 spiro atoms. The number of hydrogen-bond acceptors (Lipinski definition) is 5. The lowest BCUT2D eigenvalue weighted by Gasteiger charge is -2.35. The zero-order valence-electron chi connectivity index (χ0n) is 14.5. The van der Waals surface area contributed by atoms with E-state index in [4.69, 9.17) is 14.8 Å². The van der Waals surface area contributed by atoms with Gasteiger partial charge in [-0.25, -0.2) is 4.79 Å². The molecule has 2 N–H and O–H groups in total. The number of urea groups is 1. The lowest BCUT2D eigenvalue weighted by molar-refractivity contribution is -0.214. The first kappa shape index (κ1) is 21.1. The van der Waals surface area contributed by atoms with Crippen LogP contribution in [0.3, 0.4) is 0 Å². The van der Waals surface area contributed by atoms with Gasteiger partial charge in [0.05, 0.1) is 24.0 Å². The number of hydroxylamine groups is 2. The van der Waals surface area contributed by atoms with Gasteiger partial charge in [0.15, 0.2) is 0 Å². The number of nitrogens with two attached hydrogens (primary N) is 1. The van der Waals surface area contributed by atoms with E-state index in [2.05, 4.69) is 0 Å². The molecule has 0 aliphatic rings. The number of amides is 2. The highest BCUT2D eigenvalue weighted by Crippen LogP contribution is 2.21. The zero-order valence-corrected chi connectivity index (χ0v) is 15.3. The molecule has 1 unspecified atom stereocenters. The first-order valence-corrected chi connectivity index (χ1v) is 9.10. The fourth-order valence-corrected chi connectivity index (χ4v) is 3.03. The van der Waals surface area contributed by atoms with Crippen LogP contribution < -0.4 is 5.73 Å². The lowest BCUT2D eigenvalue weighted by atomic mass is 10.0. The van der Waals surface area contributed by atoms with Crippen LogP contribution in [0.4, 0.5) is 4.79 Å². The number of nitrogens with zero attached hydrogens (tertiary/aromatic N) is 1. The van der Waals surface area contributed by atoms with Gasteiger partial charge in [-0.15, -0.1) is 0 Å². The average Bonchev–Trinajstić information content (AvgIpc) is 2.30. The lowest BCUT2D eigenvalue weighted by Crippen LogP contribution is -2.48. The third-order valence-electron chi connectivity index (χ3n) is 2.66. The van der Waals surface area contributed by atoms with E-state index < -0.39 is 27.8 Å². The maximum absolute atomic E-state index is 11.7. The van der Waals surface area contributed by atoms with Crippen LogP contribution in [0.2, 0.25) is 0 Å². The first-order valence-electron chi connectivity index (χ1n) is 7.53. The van der Waals surface area contributed by atoms with Crippen LogP contribution in [0, 0.1) is 5.92 Å². The average molecular weight is 338 g/mol. The van der Waals surface area contributed by atoms with Gasteiger partial charge >= 0.3 is 6.03 Å². The summed E-state index contributed by atoms with van der Waals surface area (Å²) in [5.41, 5.74) is 4.79. The van der Waals surface area contributed by atoms with E-state index in [0.717, 1.165) is 5.06 Å². The second-order valence-corrected chi connectivity index (χ2v) is 8.37. The molecule has 0 fully saturated rings. The van der Waals surface area contributed by atoms with Crippen molar-refractivity contribution in [2.45, 2.75) is 66.0 Å². The molecule has 0 aliphatic carbocycles. The molecule has 1 atom stereocenters. The summed E-state index contributed by atoms with van der Waals surface area (Å²) in [6.07, 6.45) is 0.792. The summed E-state index contributed by atoms with van der Waals surface area (Å²) in [6, 6.07) is -1.15. The molecule has 0 aromatic carbocycles. The van der Waals surface area contributed by atoms with Crippen LogP contribution in [0.1, 0.15) is 54.4 Å². The van der Waals surface area contributed by atoms with Gasteiger partial charge in [0.2, 0.25) is 0 Å². The predicted octanol–water partition coefficient (Wildman–Crippen LogP) is 2.27. The zero-order chi connectivity index (χ0) is 17.6. The number of hydrogen-bond donors (Lipinski definition) is 1. The largest absolute Gasteiger partial charge is 0.350 e. The third kappa shape index (κ3) is 9.22. The van der Waals surface area contributed by atoms with Crippen molar-refractivity contribution in [1.82, 2.24) is 5.06 Å². The Labute approximate surface area is 134 Å². The van der Waals surface area contributed by atoms with Crippen molar-refractivity contribution in [3.8, 4) is 0 Å². The van der Waals surface area contributed by atoms with Crippen LogP contribution in [-0.4, -0.2) is 43.5 Å². The summed E-state index contributed by atoms with van der Waals surface area (Å²) < 4.78 is 28.1. The molecule has 8 heteroatoms. The molecule has 0 rings (SSSR count). The van der Waals surface area contributed by atoms with E-state index in [1.54, 1.807) is 27.7 Å². The number of primary amides is 1. The maximum Gasteiger partial charge on any atom is 0.338 e. The summed E-state index contributed by atoms with van der Waals surface area (Å²) in [5, 5.41) is 1.10. The number of rotatable bonds is 9. The van der Waals surface area contributed by atoms with Crippen LogP contribution in [0.25, 0.3) is 0 Å². The molecule has 0 aromatic rings. The molecule has 0 saturated heterocycles. The summed E-state index contributed by atoms with van der Waals surface area (Å²) in [5.74, 6) is 0.0698. The quantitative estimate of drug-likeness (QED) is 0.513. The van der Waals surface area contributed by atoms with E-state index in [1.165, 1.54) is 0 Å². The van der Waals surface area contributed by atoms with Gasteiger partial charge in [0.25, 0.3) is 10.1 Å². The summed E-state index contributed by atoms with van der Waals surface area (Å²) in [7, 11) is -3.60. The molecule has 2 amide bonds. The SMILES string of the molecule is CCOS(=O)(=O)CCC(CC(C)C)N(OC(C)(C)C)C(N)=O. The molecular weight excluding hydrogens is 308 g/mol. The minimum atomic E-state index is -3.60. The Bertz CT molecular complexity index is 443. The van der Waals surface area contributed by atoms with Gasteiger partial charge in [-0.05, 0) is 46.5 Å². The summed E-state index contributed by atoms with van der Waals surface area (Å²) in [6.45, 7) is 11.1. The highest BCUT2D eigenvalue weighted by Gasteiger charge is 2.29. The Morgan fingerprint density at radius 3 is 2.18 bits per heavy atom. The van der Waals surface area contributed by atoms with Crippen molar-refractivity contribution in [3.05, 3.63) is 0 Å². The van der Waals surface area contributed by atoms with Gasteiger partial charge in [0.1, 0.15) is 0 Å². The standard InChI is InChI=1S/C14H30N2O5S/c1-7-20-22(18,19)9-8-12(10-11(2)3)16(13(15)17)21-14(4,5)6/h11-12H,7-10H2,1-6H3,(H2,15,17). The van der Waals surface area contributed by atoms with E-state index in [-0.39, 0.29) is 24.7 Å². The van der Waals surface area contributed by atoms with Gasteiger partial charge in [-0.1, -0.05) is 13.8 Å². The smallest absolute Gasteiger partial charge is 0.338 e. The second kappa shape index (κ2) is 8.69. The molecule has 0 saturated carbocycles. The highest BCUT2D eigenvalue weighted by molar-refractivity contribution is 7.86. The van der Waals surface area contributed by atoms with Crippen LogP contribution in [0.5, 0.6) is 0 Å². The Hall–Kier alpha value is -0.860. The second-order valence-electron chi connectivity index (χ2n) is 6.61. The molecular formula is C14H30N2O5S. The van der Waals surface area contributed by atoms with Gasteiger partial charge in [0, 0.05) is 0 Å². The van der Waals surface area contributed by atoms with Crippen LogP contribution >= 0.6 is 0 Å². The van der Waals surface area contributed by atoms with Gasteiger partial charge in [-0.3, -0.25) is 9.02 Å². The van der Waals surface area contributed by atoms with Crippen molar-refractivity contribution < 1.29 is 22.2 Å². The van der Waals surface area contributed by atoms with Crippen molar-refractivity contribution in [3.63, 3.8) is 0 Å². The summed E-state index contributed by atoms with van der Waals surface area (Å²) in [4.78, 5) is 17.3. The first-order chi connectivity index (χ1) is 9.88. The molecule has 7 nitrogen and oxygen atoms in total. The van der Waals surface area contributed by atoms with Gasteiger partial charge < -0.3 is 5.73 Å². The molecule has 22 heavy (non-hydrogen) atoms. The number of carbonyl (C=O) groups is 1. The minimum Gasteiger partial charge on any atom is -0.350 e. The van der Waals surface area contributed by atoms with Crippen molar-refractivity contribution in [2.24, 2.45) is 11.7 Å². The third-order valence-corrected chi connectivity index (χ3v) is 3.99. The van der Waals surface area contributed by atoms with E-state index >= 15 is 0 Å². The van der Waals surface area contributed by atoms with E-state index in [9.17, 15) is 13.2 Å². The van der Waals surface area contributed by atoms with Crippen molar-refractivity contribution in [2.75, 3.05) is 12.4 Å². The maximum atomic E-state index is 11.7. The number of carbonyl (C=O) groups excluding carboxylic acids is 1. The van der Waals surface area contributed by atoms with Gasteiger partial charge in [-0.2, -0.15) is 13.5 Å². The Morgan fingerprint density at radius 2 is 1.82 bits per heavy atom. The highest BCUT2D eigenvalue weighted by atomic mass is 32.2. The van der Waals surface area contributed by atoms with E-state index in [1.807, 2.05) is 13.8 Å². The van der Waals surface area contributed by atoms with Crippen molar-refractivity contribution >= 4 is 16.1 Å². The molecule has 0 bridgehead atoms. The minimum absolute atomic E-state index is 0.0925. The molecule has 132 valence electrons. The molecule has 0 aromatic heterocycles. The monoisotopic (exact) mass is 338 g/mol. The molecule has 0 aliphatic heterocycles. The fourth-order valence-electron chi connectivity index (χ4n) is 1.99. The molecule has 0 radical (unpaired) electrons. The van der Waals surface area contributed by atoms with Crippen LogP contribution in [0.15, 0.2) is 0 Å². The van der Waals surface area contributed by atoms with Crippen LogP contribution in [-0.2, 0) is 19.1 Å². The Morgan fingerprint density at radius 1 is 1.27 bits per heavy atom. The van der Waals surface area contributed by atoms with E-state index in [0.29, 0.717) is 6.42 Å². The Balaban J connectivity index is 5.10. The Kier molecular flexibility index (Phi) is 8.35. The predicted molar refractivity (Wildman–Crippen MR) is 85.5 cm³/mol.